The van der Waals surface area contributed by atoms with Crippen LogP contribution < -0.4 is 20.4 Å². The fraction of sp³-hybridized carbons (Fsp3) is 0. The van der Waals surface area contributed by atoms with E-state index >= 15 is 0 Å². The fourth-order valence-corrected chi connectivity index (χ4v) is 2.57. The number of pyridine rings is 2. The van der Waals surface area contributed by atoms with Crippen molar-refractivity contribution in [2.45, 2.75) is 0 Å². The molecule has 9 heteroatoms. The van der Waals surface area contributed by atoms with Crippen molar-refractivity contribution in [2.24, 2.45) is 9.98 Å². The minimum Gasteiger partial charge on any atom is -0.883 e. The van der Waals surface area contributed by atoms with Crippen molar-refractivity contribution in [1.82, 2.24) is 9.97 Å². The molecule has 2 aromatic heterocycles. The van der Waals surface area contributed by atoms with E-state index in [1.54, 1.807) is 85.2 Å². The molecule has 0 spiro atoms. The van der Waals surface area contributed by atoms with Crippen LogP contribution in [0.25, 0.3) is 0 Å². The summed E-state index contributed by atoms with van der Waals surface area (Å²) in [4.78, 5) is 16.2. The van der Waals surface area contributed by atoms with E-state index in [4.69, 9.17) is 0 Å². The number of rotatable bonds is 2. The average Bonchev–Trinajstić information content (AvgIpc) is 2.81. The molecule has 33 heavy (non-hydrogen) atoms. The van der Waals surface area contributed by atoms with E-state index in [9.17, 15) is 20.4 Å². The Morgan fingerprint density at radius 2 is 0.970 bits per heavy atom. The Balaban J connectivity index is 0.000000227. The maximum Gasteiger partial charge on any atom is 2.00 e. The van der Waals surface area contributed by atoms with Crippen LogP contribution in [0.4, 0.5) is 11.6 Å². The van der Waals surface area contributed by atoms with Crippen molar-refractivity contribution in [2.75, 3.05) is 0 Å². The first kappa shape index (κ1) is 25.0. The predicted octanol–water partition coefficient (Wildman–Crippen LogP) is 0.422. The topological polar surface area (TPSA) is 143 Å². The molecule has 2 heterocycles. The van der Waals surface area contributed by atoms with Gasteiger partial charge in [-0.25, -0.2) is 20.0 Å². The number of aliphatic imine (C=N–C) groups is 2. The Labute approximate surface area is 200 Å². The van der Waals surface area contributed by atoms with Gasteiger partial charge in [-0.05, 0) is 47.6 Å². The second-order valence-electron chi connectivity index (χ2n) is 6.21. The zero-order chi connectivity index (χ0) is 22.8. The number of nitrogens with zero attached hydrogens (tertiary/aromatic N) is 4. The molecule has 0 bridgehead atoms. The molecule has 0 atom stereocenters. The summed E-state index contributed by atoms with van der Waals surface area (Å²) in [6.45, 7) is 0. The molecular formula is C24H16N4NiO4-2. The van der Waals surface area contributed by atoms with Crippen molar-refractivity contribution in [1.29, 1.82) is 0 Å². The van der Waals surface area contributed by atoms with Gasteiger partial charge >= 0.3 is 16.5 Å². The second-order valence-corrected chi connectivity index (χ2v) is 6.21. The van der Waals surface area contributed by atoms with Crippen molar-refractivity contribution >= 4 is 23.1 Å². The van der Waals surface area contributed by atoms with Gasteiger partial charge in [0.25, 0.3) is 0 Å². The molecule has 0 fully saturated rings. The largest absolute Gasteiger partial charge is 2.00 e. The van der Waals surface area contributed by atoms with Crippen LogP contribution in [0.3, 0.4) is 0 Å². The van der Waals surface area contributed by atoms with Crippen LogP contribution in [-0.2, 0) is 16.5 Å². The van der Waals surface area contributed by atoms with Gasteiger partial charge in [0.15, 0.2) is 11.6 Å². The van der Waals surface area contributed by atoms with Crippen LogP contribution in [0.1, 0.15) is 0 Å². The van der Waals surface area contributed by atoms with Gasteiger partial charge in [0.05, 0.1) is 11.4 Å². The first-order valence-corrected chi connectivity index (χ1v) is 9.41. The van der Waals surface area contributed by atoms with E-state index in [0.717, 1.165) is 0 Å². The summed E-state index contributed by atoms with van der Waals surface area (Å²) in [7, 11) is 0. The van der Waals surface area contributed by atoms with Gasteiger partial charge in [0.2, 0.25) is 0 Å². The Kier molecular flexibility index (Phi) is 9.55. The van der Waals surface area contributed by atoms with Gasteiger partial charge in [-0.1, -0.05) is 48.6 Å². The molecule has 0 aromatic carbocycles. The molecule has 4 rings (SSSR count). The maximum atomic E-state index is 10.8. The molecule has 0 aliphatic heterocycles. The Morgan fingerprint density at radius 3 is 1.30 bits per heavy atom. The smallest absolute Gasteiger partial charge is 0.883 e. The van der Waals surface area contributed by atoms with Gasteiger partial charge in [-0.2, -0.15) is 11.9 Å². The molecule has 2 aliphatic carbocycles. The van der Waals surface area contributed by atoms with Crippen molar-refractivity contribution < 1.29 is 36.9 Å². The first-order valence-electron chi connectivity index (χ1n) is 9.41. The van der Waals surface area contributed by atoms with Crippen LogP contribution in [0.15, 0.2) is 130 Å². The predicted molar refractivity (Wildman–Crippen MR) is 113 cm³/mol. The average molecular weight is 483 g/mol. The van der Waals surface area contributed by atoms with Crippen molar-refractivity contribution in [3.63, 3.8) is 0 Å². The molecule has 2 aromatic rings. The van der Waals surface area contributed by atoms with Crippen LogP contribution in [-0.4, -0.2) is 21.4 Å². The van der Waals surface area contributed by atoms with Gasteiger partial charge in [-0.3, -0.25) is 0 Å². The zero-order valence-electron chi connectivity index (χ0n) is 17.0. The molecular weight excluding hydrogens is 467 g/mol. The molecule has 0 saturated carbocycles. The summed E-state index contributed by atoms with van der Waals surface area (Å²) in [5, 5.41) is 43.3. The van der Waals surface area contributed by atoms with E-state index in [-0.39, 0.29) is 27.6 Å². The van der Waals surface area contributed by atoms with Gasteiger partial charge in [0, 0.05) is 12.4 Å². The van der Waals surface area contributed by atoms with Gasteiger partial charge in [-0.15, -0.1) is 0 Å². The summed E-state index contributed by atoms with van der Waals surface area (Å²) in [6, 6.07) is 10.5. The molecule has 2 aliphatic rings. The summed E-state index contributed by atoms with van der Waals surface area (Å²) >= 11 is 0. The number of aromatic nitrogens is 2. The monoisotopic (exact) mass is 482 g/mol. The van der Waals surface area contributed by atoms with E-state index < -0.39 is 11.9 Å². The van der Waals surface area contributed by atoms with Crippen molar-refractivity contribution in [3.8, 4) is 0 Å². The number of allylic oxidation sites excluding steroid dienone is 10. The first-order chi connectivity index (χ1) is 15.5. The fourth-order valence-electron chi connectivity index (χ4n) is 2.57. The number of hydrogen-bond acceptors (Lipinski definition) is 8. The Morgan fingerprint density at radius 1 is 0.576 bits per heavy atom. The second kappa shape index (κ2) is 12.6. The molecule has 0 radical (unpaired) electrons. The minimum absolute atomic E-state index is 0. The summed E-state index contributed by atoms with van der Waals surface area (Å²) in [5.41, 5.74) is 0.823. The van der Waals surface area contributed by atoms with Gasteiger partial charge in [0.1, 0.15) is 0 Å². The van der Waals surface area contributed by atoms with Crippen LogP contribution >= 0.6 is 0 Å². The third kappa shape index (κ3) is 7.45. The summed E-state index contributed by atoms with van der Waals surface area (Å²) in [6.07, 6.45) is 16.0. The SMILES string of the molecule is [Ni+2].[O-]C([O-])=C1C=CC=C/C1=N/c1ccccn1.[O-]C([O-])=C1C=CC=C/C1=N\c1ccccn1. The third-order valence-corrected chi connectivity index (χ3v) is 4.02. The normalized spacial score (nSPS) is 16.2. The van der Waals surface area contributed by atoms with Crippen molar-refractivity contribution in [3.05, 3.63) is 120 Å². The summed E-state index contributed by atoms with van der Waals surface area (Å²) in [5.74, 6) is -1.54. The number of hydrogen-bond donors (Lipinski definition) is 0. The van der Waals surface area contributed by atoms with E-state index in [1.165, 1.54) is 12.2 Å². The maximum absolute atomic E-state index is 10.8. The Bertz CT molecular complexity index is 1090. The molecule has 168 valence electrons. The van der Waals surface area contributed by atoms with Crippen LogP contribution in [0.2, 0.25) is 0 Å². The molecule has 0 N–H and O–H groups in total. The molecule has 0 amide bonds. The standard InChI is InChI=1S/2C12H10N2O2.Ni/c2*15-12(16)9-5-1-2-6-10(9)14-11-7-3-4-8-13-11;/h2*1-8,15-16H;/q;;+2/p-4/b14-10+;14-10-;. The quantitative estimate of drug-likeness (QED) is 0.448. The zero-order valence-corrected chi connectivity index (χ0v) is 18.0. The molecule has 0 unspecified atom stereocenters. The minimum atomic E-state index is -1.24. The van der Waals surface area contributed by atoms with E-state index in [0.29, 0.717) is 23.1 Å². The summed E-state index contributed by atoms with van der Waals surface area (Å²) < 4.78 is 0. The molecule has 8 nitrogen and oxygen atoms in total. The van der Waals surface area contributed by atoms with E-state index in [1.807, 2.05) is 0 Å². The Hall–Kier alpha value is -4.23. The van der Waals surface area contributed by atoms with Gasteiger partial charge < -0.3 is 20.4 Å². The van der Waals surface area contributed by atoms with E-state index in [2.05, 4.69) is 20.0 Å². The van der Waals surface area contributed by atoms with Crippen LogP contribution in [0, 0.1) is 0 Å². The molecule has 0 saturated heterocycles. The van der Waals surface area contributed by atoms with Crippen LogP contribution in [0.5, 0.6) is 0 Å². The third-order valence-electron chi connectivity index (χ3n) is 4.02.